The molecule has 8 nitrogen and oxygen atoms in total. The topological polar surface area (TPSA) is 103 Å². The van der Waals surface area contributed by atoms with Crippen LogP contribution in [-0.2, 0) is 7.05 Å². The van der Waals surface area contributed by atoms with Crippen LogP contribution in [0.1, 0.15) is 22.7 Å². The molecule has 2 aromatic rings. The van der Waals surface area contributed by atoms with Crippen molar-refractivity contribution >= 4 is 18.4 Å². The Hall–Kier alpha value is -1.90. The first-order valence-electron chi connectivity index (χ1n) is 4.73. The predicted octanol–water partition coefficient (Wildman–Crippen LogP) is 0.774. The van der Waals surface area contributed by atoms with Gasteiger partial charge in [0.2, 0.25) is 5.82 Å². The number of thiol groups is 1. The normalized spacial score (nSPS) is 12.6. The van der Waals surface area contributed by atoms with Crippen molar-refractivity contribution in [3.05, 3.63) is 33.8 Å². The number of aromatic nitrogens is 5. The number of rotatable bonds is 3. The van der Waals surface area contributed by atoms with Crippen LogP contribution >= 0.6 is 12.6 Å². The van der Waals surface area contributed by atoms with Crippen molar-refractivity contribution in [2.75, 3.05) is 0 Å². The second kappa shape index (κ2) is 4.17. The zero-order valence-electron chi connectivity index (χ0n) is 9.15. The molecule has 2 heterocycles. The SMILES string of the molecule is Cc1nc(C(S)c2ncc([N+](=O)[O-])n2C)n[nH]1. The van der Waals surface area contributed by atoms with Crippen molar-refractivity contribution in [1.29, 1.82) is 0 Å². The van der Waals surface area contributed by atoms with Crippen LogP contribution in [0.2, 0.25) is 0 Å². The Morgan fingerprint density at radius 3 is 2.82 bits per heavy atom. The summed E-state index contributed by atoms with van der Waals surface area (Å²) in [5, 5.41) is 16.8. The number of aryl methyl sites for hydroxylation is 1. The largest absolute Gasteiger partial charge is 0.358 e. The second-order valence-electron chi connectivity index (χ2n) is 3.47. The lowest BCUT2D eigenvalue weighted by molar-refractivity contribution is -0.391. The average molecular weight is 254 g/mol. The van der Waals surface area contributed by atoms with Gasteiger partial charge in [-0.15, -0.1) is 0 Å². The molecule has 0 saturated carbocycles. The summed E-state index contributed by atoms with van der Waals surface area (Å²) in [5.74, 6) is 1.43. The fraction of sp³-hybridized carbons (Fsp3) is 0.375. The third-order valence-corrected chi connectivity index (χ3v) is 2.75. The van der Waals surface area contributed by atoms with Crippen LogP contribution in [0.15, 0.2) is 6.20 Å². The predicted molar refractivity (Wildman–Crippen MR) is 61.8 cm³/mol. The van der Waals surface area contributed by atoms with E-state index in [0.717, 1.165) is 0 Å². The summed E-state index contributed by atoms with van der Waals surface area (Å²) in [4.78, 5) is 18.3. The average Bonchev–Trinajstić information content (AvgIpc) is 2.83. The number of hydrogen-bond acceptors (Lipinski definition) is 6. The lowest BCUT2D eigenvalue weighted by atomic mass is 10.4. The molecule has 0 radical (unpaired) electrons. The molecule has 0 bridgehead atoms. The number of nitrogens with zero attached hydrogens (tertiary/aromatic N) is 5. The van der Waals surface area contributed by atoms with E-state index in [1.54, 1.807) is 14.0 Å². The number of hydrogen-bond donors (Lipinski definition) is 2. The van der Waals surface area contributed by atoms with Gasteiger partial charge in [0.25, 0.3) is 0 Å². The van der Waals surface area contributed by atoms with E-state index < -0.39 is 10.2 Å². The lowest BCUT2D eigenvalue weighted by Gasteiger charge is -2.02. The fourth-order valence-electron chi connectivity index (χ4n) is 1.44. The Kier molecular flexibility index (Phi) is 2.84. The molecule has 2 rings (SSSR count). The van der Waals surface area contributed by atoms with E-state index in [4.69, 9.17) is 0 Å². The minimum atomic E-state index is -0.501. The van der Waals surface area contributed by atoms with E-state index in [-0.39, 0.29) is 5.82 Å². The van der Waals surface area contributed by atoms with Gasteiger partial charge in [-0.1, -0.05) is 0 Å². The molecule has 0 aliphatic heterocycles. The zero-order valence-corrected chi connectivity index (χ0v) is 10.0. The molecule has 0 aliphatic carbocycles. The van der Waals surface area contributed by atoms with Crippen LogP contribution < -0.4 is 0 Å². The van der Waals surface area contributed by atoms with Crippen LogP contribution in [0.5, 0.6) is 0 Å². The van der Waals surface area contributed by atoms with Crippen molar-refractivity contribution in [2.24, 2.45) is 7.05 Å². The summed E-state index contributed by atoms with van der Waals surface area (Å²) < 4.78 is 1.36. The molecule has 1 unspecified atom stereocenters. The molecule has 17 heavy (non-hydrogen) atoms. The van der Waals surface area contributed by atoms with Crippen molar-refractivity contribution in [3.63, 3.8) is 0 Å². The Balaban J connectivity index is 2.38. The lowest BCUT2D eigenvalue weighted by Crippen LogP contribution is -2.06. The number of H-pyrrole nitrogens is 1. The highest BCUT2D eigenvalue weighted by Gasteiger charge is 2.25. The van der Waals surface area contributed by atoms with Gasteiger partial charge in [0.15, 0.2) is 5.82 Å². The molecule has 0 spiro atoms. The zero-order chi connectivity index (χ0) is 12.6. The molecule has 0 aromatic carbocycles. The minimum absolute atomic E-state index is 0.0914. The van der Waals surface area contributed by atoms with Gasteiger partial charge in [0, 0.05) is 0 Å². The van der Waals surface area contributed by atoms with Crippen molar-refractivity contribution < 1.29 is 4.92 Å². The number of aromatic amines is 1. The van der Waals surface area contributed by atoms with Crippen LogP contribution in [0.25, 0.3) is 0 Å². The quantitative estimate of drug-likeness (QED) is 0.478. The molecule has 2 aromatic heterocycles. The van der Waals surface area contributed by atoms with E-state index >= 15 is 0 Å². The highest BCUT2D eigenvalue weighted by atomic mass is 32.1. The van der Waals surface area contributed by atoms with Gasteiger partial charge in [-0.2, -0.15) is 17.7 Å². The van der Waals surface area contributed by atoms with Gasteiger partial charge >= 0.3 is 5.82 Å². The second-order valence-corrected chi connectivity index (χ2v) is 3.99. The molecular weight excluding hydrogens is 244 g/mol. The third-order valence-electron chi connectivity index (χ3n) is 2.29. The third kappa shape index (κ3) is 2.00. The monoisotopic (exact) mass is 254 g/mol. The van der Waals surface area contributed by atoms with Crippen LogP contribution in [0, 0.1) is 17.0 Å². The van der Waals surface area contributed by atoms with E-state index in [2.05, 4.69) is 32.8 Å². The van der Waals surface area contributed by atoms with Crippen LogP contribution in [0.3, 0.4) is 0 Å². The van der Waals surface area contributed by atoms with Gasteiger partial charge in [0.1, 0.15) is 17.3 Å². The van der Waals surface area contributed by atoms with Crippen molar-refractivity contribution in [3.8, 4) is 0 Å². The molecule has 9 heteroatoms. The summed E-state index contributed by atoms with van der Waals surface area (Å²) in [7, 11) is 1.56. The molecule has 0 saturated heterocycles. The summed E-state index contributed by atoms with van der Waals surface area (Å²) in [5.41, 5.74) is 0. The first-order valence-corrected chi connectivity index (χ1v) is 5.25. The first kappa shape index (κ1) is 11.6. The molecular formula is C8H10N6O2S. The molecule has 1 N–H and O–H groups in total. The van der Waals surface area contributed by atoms with E-state index in [9.17, 15) is 10.1 Å². The molecule has 0 aliphatic rings. The van der Waals surface area contributed by atoms with E-state index in [1.807, 2.05) is 0 Å². The number of imidazole rings is 1. The highest BCUT2D eigenvalue weighted by molar-refractivity contribution is 7.80. The van der Waals surface area contributed by atoms with Crippen molar-refractivity contribution in [2.45, 2.75) is 12.2 Å². The number of nitrogens with one attached hydrogen (secondary N) is 1. The van der Waals surface area contributed by atoms with Gasteiger partial charge < -0.3 is 10.1 Å². The summed E-state index contributed by atoms with van der Waals surface area (Å²) in [6, 6.07) is 0. The summed E-state index contributed by atoms with van der Waals surface area (Å²) in [6.45, 7) is 1.76. The smallest absolute Gasteiger partial charge is 0.342 e. The van der Waals surface area contributed by atoms with Gasteiger partial charge in [0.05, 0.1) is 7.05 Å². The minimum Gasteiger partial charge on any atom is -0.358 e. The van der Waals surface area contributed by atoms with E-state index in [1.165, 1.54) is 10.8 Å². The Morgan fingerprint density at radius 2 is 2.35 bits per heavy atom. The van der Waals surface area contributed by atoms with Gasteiger partial charge in [-0.3, -0.25) is 5.10 Å². The number of nitro groups is 1. The summed E-state index contributed by atoms with van der Waals surface area (Å²) in [6.07, 6.45) is 1.19. The summed E-state index contributed by atoms with van der Waals surface area (Å²) >= 11 is 4.32. The molecule has 1 atom stereocenters. The Labute approximate surface area is 102 Å². The fourth-order valence-corrected chi connectivity index (χ4v) is 1.79. The first-order chi connectivity index (χ1) is 8.00. The van der Waals surface area contributed by atoms with Crippen LogP contribution in [0.4, 0.5) is 5.82 Å². The Bertz CT molecular complexity index is 562. The Morgan fingerprint density at radius 1 is 1.65 bits per heavy atom. The maximum Gasteiger partial charge on any atom is 0.342 e. The van der Waals surface area contributed by atoms with Crippen LogP contribution in [-0.4, -0.2) is 29.7 Å². The molecule has 0 fully saturated rings. The van der Waals surface area contributed by atoms with Crippen molar-refractivity contribution in [1.82, 2.24) is 24.7 Å². The molecule has 0 amide bonds. The van der Waals surface area contributed by atoms with Gasteiger partial charge in [-0.05, 0) is 11.8 Å². The maximum atomic E-state index is 10.7. The highest BCUT2D eigenvalue weighted by Crippen LogP contribution is 2.26. The maximum absolute atomic E-state index is 10.7. The van der Waals surface area contributed by atoms with E-state index in [0.29, 0.717) is 17.5 Å². The molecule has 90 valence electrons. The van der Waals surface area contributed by atoms with Gasteiger partial charge in [-0.25, -0.2) is 14.5 Å². The standard InChI is InChI=1S/C8H10N6O2S/c1-4-10-7(12-11-4)6(17)8-9-3-5(13(8)2)14(15)16/h3,6,17H,1-2H3,(H,10,11,12).